The number of carbonyl (C=O) groups excluding carboxylic acids is 1. The standard InChI is InChI=1S/C14H12O3/c1-17-14-5-3-2-4-12(14)10-6-7-11(9-15)13(16)8-10/h2-9,16H,1H3. The Hall–Kier alpha value is -2.29. The first-order valence-corrected chi connectivity index (χ1v) is 5.18. The van der Waals surface area contributed by atoms with E-state index in [1.807, 2.05) is 24.3 Å². The van der Waals surface area contributed by atoms with E-state index in [4.69, 9.17) is 4.74 Å². The van der Waals surface area contributed by atoms with E-state index in [2.05, 4.69) is 0 Å². The third kappa shape index (κ3) is 2.13. The fourth-order valence-corrected chi connectivity index (χ4v) is 1.69. The van der Waals surface area contributed by atoms with Crippen molar-refractivity contribution in [2.24, 2.45) is 0 Å². The third-order valence-electron chi connectivity index (χ3n) is 2.58. The summed E-state index contributed by atoms with van der Waals surface area (Å²) in [6.07, 6.45) is 0.626. The van der Waals surface area contributed by atoms with E-state index in [1.165, 1.54) is 0 Å². The summed E-state index contributed by atoms with van der Waals surface area (Å²) in [6.45, 7) is 0. The van der Waals surface area contributed by atoms with Crippen LogP contribution in [0.15, 0.2) is 42.5 Å². The van der Waals surface area contributed by atoms with Gasteiger partial charge in [-0.2, -0.15) is 0 Å². The van der Waals surface area contributed by atoms with Gasteiger partial charge in [0.05, 0.1) is 12.7 Å². The number of benzene rings is 2. The average Bonchev–Trinajstić information content (AvgIpc) is 2.38. The number of aromatic hydroxyl groups is 1. The van der Waals surface area contributed by atoms with Gasteiger partial charge < -0.3 is 9.84 Å². The highest BCUT2D eigenvalue weighted by molar-refractivity contribution is 5.82. The van der Waals surface area contributed by atoms with Crippen LogP contribution >= 0.6 is 0 Å². The number of phenolic OH excluding ortho intramolecular Hbond substituents is 1. The fraction of sp³-hybridized carbons (Fsp3) is 0.0714. The number of phenols is 1. The molecule has 2 rings (SSSR count). The molecular weight excluding hydrogens is 216 g/mol. The minimum Gasteiger partial charge on any atom is -0.507 e. The lowest BCUT2D eigenvalue weighted by Crippen LogP contribution is -1.88. The highest BCUT2D eigenvalue weighted by Gasteiger charge is 2.07. The second kappa shape index (κ2) is 4.70. The highest BCUT2D eigenvalue weighted by atomic mass is 16.5. The van der Waals surface area contributed by atoms with Gasteiger partial charge in [-0.3, -0.25) is 4.79 Å². The van der Waals surface area contributed by atoms with Crippen molar-refractivity contribution in [2.45, 2.75) is 0 Å². The number of hydrogen-bond donors (Lipinski definition) is 1. The normalized spacial score (nSPS) is 9.94. The van der Waals surface area contributed by atoms with E-state index >= 15 is 0 Å². The molecule has 0 fully saturated rings. The van der Waals surface area contributed by atoms with Crippen molar-refractivity contribution >= 4 is 6.29 Å². The molecule has 3 nitrogen and oxygen atoms in total. The quantitative estimate of drug-likeness (QED) is 0.821. The predicted octanol–water partition coefficient (Wildman–Crippen LogP) is 2.88. The zero-order valence-corrected chi connectivity index (χ0v) is 9.38. The summed E-state index contributed by atoms with van der Waals surface area (Å²) in [4.78, 5) is 10.6. The van der Waals surface area contributed by atoms with E-state index in [9.17, 15) is 9.90 Å². The molecule has 2 aromatic carbocycles. The largest absolute Gasteiger partial charge is 0.507 e. The van der Waals surface area contributed by atoms with Crippen LogP contribution in [0.1, 0.15) is 10.4 Å². The van der Waals surface area contributed by atoms with Crippen LogP contribution in [-0.2, 0) is 0 Å². The highest BCUT2D eigenvalue weighted by Crippen LogP contribution is 2.32. The van der Waals surface area contributed by atoms with Crippen LogP contribution in [0.2, 0.25) is 0 Å². The van der Waals surface area contributed by atoms with Gasteiger partial charge in [0.1, 0.15) is 11.5 Å². The van der Waals surface area contributed by atoms with Crippen molar-refractivity contribution in [1.82, 2.24) is 0 Å². The number of ether oxygens (including phenoxy) is 1. The second-order valence-corrected chi connectivity index (χ2v) is 3.59. The zero-order chi connectivity index (χ0) is 12.3. The first kappa shape index (κ1) is 11.2. The van der Waals surface area contributed by atoms with Crippen LogP contribution in [0.4, 0.5) is 0 Å². The number of aldehydes is 1. The van der Waals surface area contributed by atoms with Crippen molar-refractivity contribution in [3.05, 3.63) is 48.0 Å². The van der Waals surface area contributed by atoms with Crippen molar-refractivity contribution in [2.75, 3.05) is 7.11 Å². The Bertz CT molecular complexity index is 547. The number of carbonyl (C=O) groups is 1. The zero-order valence-electron chi connectivity index (χ0n) is 9.38. The Morgan fingerprint density at radius 3 is 2.59 bits per heavy atom. The molecule has 0 radical (unpaired) electrons. The molecule has 0 aliphatic rings. The van der Waals surface area contributed by atoms with Crippen LogP contribution in [-0.4, -0.2) is 18.5 Å². The van der Waals surface area contributed by atoms with E-state index in [1.54, 1.807) is 25.3 Å². The van der Waals surface area contributed by atoms with Crippen molar-refractivity contribution in [1.29, 1.82) is 0 Å². The van der Waals surface area contributed by atoms with Crippen LogP contribution in [0, 0.1) is 0 Å². The van der Waals surface area contributed by atoms with Gasteiger partial charge in [-0.1, -0.05) is 24.3 Å². The lowest BCUT2D eigenvalue weighted by Gasteiger charge is -2.09. The lowest BCUT2D eigenvalue weighted by atomic mass is 10.0. The number of hydrogen-bond acceptors (Lipinski definition) is 3. The molecule has 0 aliphatic carbocycles. The Labute approximate surface area is 99.3 Å². The van der Waals surface area contributed by atoms with E-state index in [0.29, 0.717) is 6.29 Å². The van der Waals surface area contributed by atoms with Gasteiger partial charge in [0.15, 0.2) is 6.29 Å². The Morgan fingerprint density at radius 2 is 1.94 bits per heavy atom. The number of rotatable bonds is 3. The maximum atomic E-state index is 10.6. The Balaban J connectivity index is 2.53. The Kier molecular flexibility index (Phi) is 3.10. The summed E-state index contributed by atoms with van der Waals surface area (Å²) in [7, 11) is 1.60. The smallest absolute Gasteiger partial charge is 0.153 e. The molecule has 0 amide bonds. The molecule has 0 saturated carbocycles. The molecule has 0 saturated heterocycles. The molecule has 0 spiro atoms. The van der Waals surface area contributed by atoms with Crippen molar-refractivity contribution in [3.8, 4) is 22.6 Å². The topological polar surface area (TPSA) is 46.5 Å². The molecule has 0 heterocycles. The van der Waals surface area contributed by atoms with E-state index in [0.717, 1.165) is 16.9 Å². The van der Waals surface area contributed by atoms with Gasteiger partial charge in [-0.25, -0.2) is 0 Å². The SMILES string of the molecule is COc1ccccc1-c1ccc(C=O)c(O)c1. The maximum absolute atomic E-state index is 10.6. The van der Waals surface area contributed by atoms with Gasteiger partial charge in [0, 0.05) is 5.56 Å². The van der Waals surface area contributed by atoms with Gasteiger partial charge in [0.25, 0.3) is 0 Å². The predicted molar refractivity (Wildman–Crippen MR) is 65.5 cm³/mol. The molecule has 0 atom stereocenters. The van der Waals surface area contributed by atoms with Gasteiger partial charge in [-0.15, -0.1) is 0 Å². The molecule has 86 valence electrons. The molecule has 17 heavy (non-hydrogen) atoms. The minimum atomic E-state index is -0.0246. The maximum Gasteiger partial charge on any atom is 0.153 e. The lowest BCUT2D eigenvalue weighted by molar-refractivity contribution is 0.112. The van der Waals surface area contributed by atoms with Crippen LogP contribution in [0.5, 0.6) is 11.5 Å². The molecule has 0 aliphatic heterocycles. The van der Waals surface area contributed by atoms with Gasteiger partial charge >= 0.3 is 0 Å². The van der Waals surface area contributed by atoms with Crippen LogP contribution < -0.4 is 4.74 Å². The third-order valence-corrected chi connectivity index (χ3v) is 2.58. The first-order chi connectivity index (χ1) is 8.26. The summed E-state index contributed by atoms with van der Waals surface area (Å²) < 4.78 is 5.25. The van der Waals surface area contributed by atoms with Gasteiger partial charge in [0.2, 0.25) is 0 Å². The number of para-hydroxylation sites is 1. The molecule has 1 N–H and O–H groups in total. The first-order valence-electron chi connectivity index (χ1n) is 5.18. The monoisotopic (exact) mass is 228 g/mol. The van der Waals surface area contributed by atoms with Crippen molar-refractivity contribution in [3.63, 3.8) is 0 Å². The van der Waals surface area contributed by atoms with Crippen LogP contribution in [0.25, 0.3) is 11.1 Å². The minimum absolute atomic E-state index is 0.0246. The van der Waals surface area contributed by atoms with E-state index in [-0.39, 0.29) is 11.3 Å². The molecule has 0 bridgehead atoms. The van der Waals surface area contributed by atoms with Crippen LogP contribution in [0.3, 0.4) is 0 Å². The summed E-state index contributed by atoms with van der Waals surface area (Å²) in [6, 6.07) is 12.4. The molecule has 0 aromatic heterocycles. The summed E-state index contributed by atoms with van der Waals surface area (Å²) in [5.74, 6) is 0.703. The fourth-order valence-electron chi connectivity index (χ4n) is 1.69. The number of methoxy groups -OCH3 is 1. The Morgan fingerprint density at radius 1 is 1.18 bits per heavy atom. The summed E-state index contributed by atoms with van der Waals surface area (Å²) >= 11 is 0. The molecular formula is C14H12O3. The molecule has 3 heteroatoms. The molecule has 2 aromatic rings. The summed E-state index contributed by atoms with van der Waals surface area (Å²) in [5, 5.41) is 9.64. The second-order valence-electron chi connectivity index (χ2n) is 3.59. The van der Waals surface area contributed by atoms with E-state index < -0.39 is 0 Å². The summed E-state index contributed by atoms with van der Waals surface area (Å²) in [5.41, 5.74) is 1.97. The van der Waals surface area contributed by atoms with Gasteiger partial charge in [-0.05, 0) is 23.8 Å². The average molecular weight is 228 g/mol. The van der Waals surface area contributed by atoms with Crippen molar-refractivity contribution < 1.29 is 14.6 Å². The molecule has 0 unspecified atom stereocenters.